The molecule has 0 aromatic heterocycles. The van der Waals surface area contributed by atoms with Crippen LogP contribution in [-0.4, -0.2) is 13.6 Å². The van der Waals surface area contributed by atoms with Gasteiger partial charge in [0.15, 0.2) is 0 Å². The molecule has 3 rings (SSSR count). The van der Waals surface area contributed by atoms with Crippen LogP contribution in [0.5, 0.6) is 0 Å². The van der Waals surface area contributed by atoms with Gasteiger partial charge in [-0.2, -0.15) is 0 Å². The summed E-state index contributed by atoms with van der Waals surface area (Å²) in [6.45, 7) is 0.747. The SMILES string of the molecule is CNCC1(c2c(F)cccc2Cl)CC(c2ccccc2)C1. The second-order valence-electron chi connectivity index (χ2n) is 5.92. The zero-order valence-electron chi connectivity index (χ0n) is 12.1. The Morgan fingerprint density at radius 1 is 1.14 bits per heavy atom. The van der Waals surface area contributed by atoms with Gasteiger partial charge in [0.05, 0.1) is 0 Å². The fraction of sp³-hybridized carbons (Fsp3) is 0.333. The van der Waals surface area contributed by atoms with Crippen molar-refractivity contribution in [2.75, 3.05) is 13.6 Å². The highest BCUT2D eigenvalue weighted by molar-refractivity contribution is 6.31. The molecule has 1 fully saturated rings. The molecule has 0 atom stereocenters. The zero-order valence-corrected chi connectivity index (χ0v) is 12.8. The minimum atomic E-state index is -0.197. The van der Waals surface area contributed by atoms with E-state index in [9.17, 15) is 4.39 Å². The summed E-state index contributed by atoms with van der Waals surface area (Å²) in [6, 6.07) is 15.4. The molecular formula is C18H19ClFN. The van der Waals surface area contributed by atoms with Crippen molar-refractivity contribution in [3.05, 3.63) is 70.5 Å². The van der Waals surface area contributed by atoms with Crippen LogP contribution in [0.1, 0.15) is 29.9 Å². The van der Waals surface area contributed by atoms with Crippen molar-refractivity contribution in [1.82, 2.24) is 5.32 Å². The molecule has 1 saturated carbocycles. The molecule has 110 valence electrons. The predicted octanol–water partition coefficient (Wildman–Crippen LogP) is 4.51. The minimum Gasteiger partial charge on any atom is -0.319 e. The fourth-order valence-electron chi connectivity index (χ4n) is 3.62. The largest absolute Gasteiger partial charge is 0.319 e. The molecule has 0 unspecified atom stereocenters. The maximum absolute atomic E-state index is 14.3. The lowest BCUT2D eigenvalue weighted by Gasteiger charge is -2.49. The summed E-state index contributed by atoms with van der Waals surface area (Å²) in [4.78, 5) is 0. The Bertz CT molecular complexity index is 600. The van der Waals surface area contributed by atoms with E-state index in [4.69, 9.17) is 11.6 Å². The monoisotopic (exact) mass is 303 g/mol. The molecule has 0 saturated heterocycles. The molecular weight excluding hydrogens is 285 g/mol. The van der Waals surface area contributed by atoms with Gasteiger partial charge in [-0.15, -0.1) is 0 Å². The van der Waals surface area contributed by atoms with Gasteiger partial charge in [-0.25, -0.2) is 4.39 Å². The lowest BCUT2D eigenvalue weighted by Crippen LogP contribution is -2.47. The van der Waals surface area contributed by atoms with Crippen molar-refractivity contribution < 1.29 is 4.39 Å². The Hall–Kier alpha value is -1.38. The molecule has 0 radical (unpaired) electrons. The molecule has 3 heteroatoms. The summed E-state index contributed by atoms with van der Waals surface area (Å²) >= 11 is 6.29. The van der Waals surface area contributed by atoms with E-state index in [1.165, 1.54) is 11.6 Å². The van der Waals surface area contributed by atoms with Gasteiger partial charge in [0.1, 0.15) is 5.82 Å². The van der Waals surface area contributed by atoms with Crippen LogP contribution in [0, 0.1) is 5.82 Å². The standard InChI is InChI=1S/C18H19ClFN/c1-21-12-18(17-15(19)8-5-9-16(17)20)10-14(11-18)13-6-3-2-4-7-13/h2-9,14,21H,10-12H2,1H3. The first-order valence-electron chi connectivity index (χ1n) is 7.30. The third-order valence-electron chi connectivity index (χ3n) is 4.55. The van der Waals surface area contributed by atoms with E-state index in [2.05, 4.69) is 29.6 Å². The molecule has 2 aromatic carbocycles. The summed E-state index contributed by atoms with van der Waals surface area (Å²) in [5.41, 5.74) is 1.81. The van der Waals surface area contributed by atoms with Gasteiger partial charge < -0.3 is 5.32 Å². The first-order chi connectivity index (χ1) is 10.2. The highest BCUT2D eigenvalue weighted by atomic mass is 35.5. The van der Waals surface area contributed by atoms with E-state index < -0.39 is 0 Å². The van der Waals surface area contributed by atoms with Crippen LogP contribution in [0.3, 0.4) is 0 Å². The van der Waals surface area contributed by atoms with E-state index in [0.717, 1.165) is 19.4 Å². The van der Waals surface area contributed by atoms with Crippen molar-refractivity contribution in [2.45, 2.75) is 24.2 Å². The van der Waals surface area contributed by atoms with E-state index >= 15 is 0 Å². The summed E-state index contributed by atoms with van der Waals surface area (Å²) in [7, 11) is 1.91. The number of nitrogens with one attached hydrogen (secondary N) is 1. The molecule has 21 heavy (non-hydrogen) atoms. The molecule has 0 aliphatic heterocycles. The van der Waals surface area contributed by atoms with Crippen LogP contribution >= 0.6 is 11.6 Å². The lowest BCUT2D eigenvalue weighted by molar-refractivity contribution is 0.192. The molecule has 1 aliphatic carbocycles. The highest BCUT2D eigenvalue weighted by Gasteiger charge is 2.47. The maximum atomic E-state index is 14.3. The van der Waals surface area contributed by atoms with Crippen LogP contribution in [-0.2, 0) is 5.41 Å². The quantitative estimate of drug-likeness (QED) is 0.876. The first kappa shape index (κ1) is 14.6. The first-order valence-corrected chi connectivity index (χ1v) is 7.68. The second-order valence-corrected chi connectivity index (χ2v) is 6.33. The Morgan fingerprint density at radius 3 is 2.48 bits per heavy atom. The van der Waals surface area contributed by atoms with Gasteiger partial charge >= 0.3 is 0 Å². The number of hydrogen-bond donors (Lipinski definition) is 1. The zero-order chi connectivity index (χ0) is 14.9. The third-order valence-corrected chi connectivity index (χ3v) is 4.87. The summed E-state index contributed by atoms with van der Waals surface area (Å²) < 4.78 is 14.3. The molecule has 1 N–H and O–H groups in total. The summed E-state index contributed by atoms with van der Waals surface area (Å²) in [5, 5.41) is 3.75. The molecule has 0 bridgehead atoms. The number of hydrogen-bond acceptors (Lipinski definition) is 1. The molecule has 0 amide bonds. The molecule has 1 nitrogen and oxygen atoms in total. The topological polar surface area (TPSA) is 12.0 Å². The van der Waals surface area contributed by atoms with Gasteiger partial charge in [0.25, 0.3) is 0 Å². The Labute approximate surface area is 130 Å². The van der Waals surface area contributed by atoms with Crippen LogP contribution in [0.4, 0.5) is 4.39 Å². The normalized spacial score (nSPS) is 24.6. The van der Waals surface area contributed by atoms with Crippen molar-refractivity contribution in [3.63, 3.8) is 0 Å². The van der Waals surface area contributed by atoms with Gasteiger partial charge in [-0.1, -0.05) is 48.0 Å². The molecule has 0 heterocycles. The van der Waals surface area contributed by atoms with Crippen molar-refractivity contribution in [2.24, 2.45) is 0 Å². The van der Waals surface area contributed by atoms with E-state index in [1.807, 2.05) is 13.1 Å². The van der Waals surface area contributed by atoms with Crippen molar-refractivity contribution in [1.29, 1.82) is 0 Å². The van der Waals surface area contributed by atoms with Crippen molar-refractivity contribution in [3.8, 4) is 0 Å². The average Bonchev–Trinajstić information content (AvgIpc) is 2.44. The summed E-state index contributed by atoms with van der Waals surface area (Å²) in [5.74, 6) is 0.291. The van der Waals surface area contributed by atoms with Gasteiger partial charge in [0, 0.05) is 22.5 Å². The molecule has 0 spiro atoms. The Kier molecular flexibility index (Phi) is 4.01. The Balaban J connectivity index is 1.91. The maximum Gasteiger partial charge on any atom is 0.128 e. The van der Waals surface area contributed by atoms with Crippen LogP contribution in [0.2, 0.25) is 5.02 Å². The predicted molar refractivity (Wildman–Crippen MR) is 85.4 cm³/mol. The number of rotatable bonds is 4. The minimum absolute atomic E-state index is 0.190. The molecule has 1 aliphatic rings. The fourth-order valence-corrected chi connectivity index (χ4v) is 3.99. The van der Waals surface area contributed by atoms with Crippen LogP contribution in [0.25, 0.3) is 0 Å². The number of likely N-dealkylation sites (N-methyl/N-ethyl adjacent to an activating group) is 1. The van der Waals surface area contributed by atoms with E-state index in [0.29, 0.717) is 16.5 Å². The number of benzene rings is 2. The summed E-state index contributed by atoms with van der Waals surface area (Å²) in [6.07, 6.45) is 1.86. The Morgan fingerprint density at radius 2 is 1.86 bits per heavy atom. The van der Waals surface area contributed by atoms with Gasteiger partial charge in [-0.3, -0.25) is 0 Å². The van der Waals surface area contributed by atoms with Gasteiger partial charge in [0.2, 0.25) is 0 Å². The average molecular weight is 304 g/mol. The van der Waals surface area contributed by atoms with Crippen LogP contribution in [0.15, 0.2) is 48.5 Å². The van der Waals surface area contributed by atoms with Gasteiger partial charge in [-0.05, 0) is 43.5 Å². The van der Waals surface area contributed by atoms with E-state index in [-0.39, 0.29) is 11.2 Å². The smallest absolute Gasteiger partial charge is 0.128 e. The third kappa shape index (κ3) is 2.58. The second kappa shape index (κ2) is 5.78. The van der Waals surface area contributed by atoms with E-state index in [1.54, 1.807) is 12.1 Å². The lowest BCUT2D eigenvalue weighted by atomic mass is 9.56. The van der Waals surface area contributed by atoms with Crippen LogP contribution < -0.4 is 5.32 Å². The van der Waals surface area contributed by atoms with Crippen molar-refractivity contribution >= 4 is 11.6 Å². The number of halogens is 2. The highest BCUT2D eigenvalue weighted by Crippen LogP contribution is 2.54. The molecule has 2 aromatic rings.